The van der Waals surface area contributed by atoms with E-state index in [4.69, 9.17) is 15.6 Å². The lowest BCUT2D eigenvalue weighted by molar-refractivity contribution is -0.139. The first-order valence-corrected chi connectivity index (χ1v) is 4.51. The number of hydrogen-bond donors (Lipinski definition) is 2. The first kappa shape index (κ1) is 12.4. The van der Waals surface area contributed by atoms with Crippen molar-refractivity contribution in [2.24, 2.45) is 5.73 Å². The third kappa shape index (κ3) is 5.60. The number of carboxylic acid groups (broad SMARTS) is 1. The van der Waals surface area contributed by atoms with Crippen LogP contribution in [0.25, 0.3) is 0 Å². The summed E-state index contributed by atoms with van der Waals surface area (Å²) in [7, 11) is 0. The van der Waals surface area contributed by atoms with Crippen LogP contribution in [0, 0.1) is 0 Å². The van der Waals surface area contributed by atoms with Crippen LogP contribution in [0.4, 0.5) is 0 Å². The number of rotatable bonds is 6. The number of aliphatic carboxylic acids is 1. The van der Waals surface area contributed by atoms with E-state index >= 15 is 0 Å². The van der Waals surface area contributed by atoms with Crippen molar-refractivity contribution in [3.8, 4) is 0 Å². The van der Waals surface area contributed by atoms with Crippen LogP contribution in [0.5, 0.6) is 0 Å². The van der Waals surface area contributed by atoms with Crippen molar-refractivity contribution < 1.29 is 14.6 Å². The molecule has 0 aromatic rings. The number of hydrogen-bond acceptors (Lipinski definition) is 3. The second-order valence-corrected chi connectivity index (χ2v) is 3.70. The monoisotopic (exact) mass is 189 g/mol. The van der Waals surface area contributed by atoms with Crippen LogP contribution in [-0.2, 0) is 9.53 Å². The second-order valence-electron chi connectivity index (χ2n) is 3.70. The highest BCUT2D eigenvalue weighted by molar-refractivity contribution is 5.72. The van der Waals surface area contributed by atoms with Gasteiger partial charge < -0.3 is 15.6 Å². The first-order valence-electron chi connectivity index (χ1n) is 4.51. The zero-order valence-corrected chi connectivity index (χ0v) is 8.54. The molecule has 0 fully saturated rings. The van der Waals surface area contributed by atoms with Gasteiger partial charge in [-0.1, -0.05) is 6.92 Å². The van der Waals surface area contributed by atoms with Gasteiger partial charge in [-0.05, 0) is 26.7 Å². The van der Waals surface area contributed by atoms with Crippen molar-refractivity contribution in [3.63, 3.8) is 0 Å². The molecule has 0 aromatic heterocycles. The Kier molecular flexibility index (Phi) is 4.95. The molecule has 13 heavy (non-hydrogen) atoms. The minimum atomic E-state index is -0.974. The lowest BCUT2D eigenvalue weighted by Crippen LogP contribution is -2.33. The van der Waals surface area contributed by atoms with Crippen molar-refractivity contribution in [2.45, 2.75) is 45.3 Å². The molecule has 1 unspecified atom stereocenters. The van der Waals surface area contributed by atoms with Gasteiger partial charge in [0, 0.05) is 6.61 Å². The van der Waals surface area contributed by atoms with Gasteiger partial charge in [-0.2, -0.15) is 0 Å². The molecule has 0 rings (SSSR count). The van der Waals surface area contributed by atoms with Crippen molar-refractivity contribution in [2.75, 3.05) is 6.61 Å². The fourth-order valence-electron chi connectivity index (χ4n) is 0.688. The molecule has 1 atom stereocenters. The van der Waals surface area contributed by atoms with E-state index in [1.165, 1.54) is 0 Å². The molecule has 0 saturated carbocycles. The first-order chi connectivity index (χ1) is 5.89. The summed E-state index contributed by atoms with van der Waals surface area (Å²) < 4.78 is 5.46. The quantitative estimate of drug-likeness (QED) is 0.653. The average molecular weight is 189 g/mol. The van der Waals surface area contributed by atoms with E-state index in [1.807, 2.05) is 20.8 Å². The normalized spacial score (nSPS) is 14.2. The molecule has 4 heteroatoms. The molecule has 0 bridgehead atoms. The van der Waals surface area contributed by atoms with Gasteiger partial charge >= 0.3 is 5.97 Å². The molecule has 3 N–H and O–H groups in total. The molecular weight excluding hydrogens is 170 g/mol. The number of carboxylic acids is 1. The van der Waals surface area contributed by atoms with Gasteiger partial charge in [0.2, 0.25) is 0 Å². The Labute approximate surface area is 79.1 Å². The van der Waals surface area contributed by atoms with Crippen LogP contribution in [0.15, 0.2) is 0 Å². The number of carbonyl (C=O) groups is 1. The molecular formula is C9H19NO3. The largest absolute Gasteiger partial charge is 0.480 e. The summed E-state index contributed by atoms with van der Waals surface area (Å²) in [6.45, 7) is 6.37. The molecule has 0 aliphatic carbocycles. The van der Waals surface area contributed by atoms with E-state index in [0.29, 0.717) is 13.0 Å². The van der Waals surface area contributed by atoms with Crippen LogP contribution in [0.2, 0.25) is 0 Å². The van der Waals surface area contributed by atoms with Gasteiger partial charge in [0.1, 0.15) is 6.04 Å². The minimum Gasteiger partial charge on any atom is -0.480 e. The summed E-state index contributed by atoms with van der Waals surface area (Å²) in [4.78, 5) is 10.3. The highest BCUT2D eigenvalue weighted by Crippen LogP contribution is 2.13. The number of ether oxygens (including phenoxy) is 1. The average Bonchev–Trinajstić information content (AvgIpc) is 2.04. The Bertz CT molecular complexity index is 168. The standard InChI is InChI=1S/C9H19NO3/c1-4-9(2,3)13-6-5-7(10)8(11)12/h7H,4-6,10H2,1-3H3,(H,11,12). The zero-order valence-electron chi connectivity index (χ0n) is 8.54. The molecule has 0 amide bonds. The summed E-state index contributed by atoms with van der Waals surface area (Å²) >= 11 is 0. The summed E-state index contributed by atoms with van der Waals surface area (Å²) in [5.41, 5.74) is 5.13. The maximum Gasteiger partial charge on any atom is 0.320 e. The molecule has 0 radical (unpaired) electrons. The lowest BCUT2D eigenvalue weighted by atomic mass is 10.1. The van der Waals surface area contributed by atoms with E-state index in [9.17, 15) is 4.79 Å². The van der Waals surface area contributed by atoms with Gasteiger partial charge in [-0.3, -0.25) is 4.79 Å². The summed E-state index contributed by atoms with van der Waals surface area (Å²) in [5.74, 6) is -0.974. The highest BCUT2D eigenvalue weighted by atomic mass is 16.5. The van der Waals surface area contributed by atoms with Gasteiger partial charge in [0.05, 0.1) is 5.60 Å². The second kappa shape index (κ2) is 5.19. The Morgan fingerprint density at radius 3 is 2.54 bits per heavy atom. The smallest absolute Gasteiger partial charge is 0.320 e. The van der Waals surface area contributed by atoms with Crippen LogP contribution in [0.3, 0.4) is 0 Å². The Morgan fingerprint density at radius 2 is 2.15 bits per heavy atom. The Hall–Kier alpha value is -0.610. The van der Waals surface area contributed by atoms with E-state index < -0.39 is 12.0 Å². The van der Waals surface area contributed by atoms with Crippen molar-refractivity contribution in [3.05, 3.63) is 0 Å². The fraction of sp³-hybridized carbons (Fsp3) is 0.889. The van der Waals surface area contributed by atoms with Gasteiger partial charge in [0.25, 0.3) is 0 Å². The predicted molar refractivity (Wildman–Crippen MR) is 50.6 cm³/mol. The summed E-state index contributed by atoms with van der Waals surface area (Å²) in [6, 6.07) is -0.812. The maximum atomic E-state index is 10.3. The van der Waals surface area contributed by atoms with Crippen molar-refractivity contribution in [1.29, 1.82) is 0 Å². The Morgan fingerprint density at radius 1 is 1.62 bits per heavy atom. The molecule has 0 aromatic carbocycles. The van der Waals surface area contributed by atoms with Gasteiger partial charge in [-0.25, -0.2) is 0 Å². The molecule has 0 aliphatic rings. The summed E-state index contributed by atoms with van der Waals surface area (Å²) in [5, 5.41) is 8.49. The highest BCUT2D eigenvalue weighted by Gasteiger charge is 2.17. The molecule has 0 saturated heterocycles. The van der Waals surface area contributed by atoms with E-state index in [1.54, 1.807) is 0 Å². The Balaban J connectivity index is 3.62. The number of nitrogens with two attached hydrogens (primary N) is 1. The molecule has 78 valence electrons. The third-order valence-electron chi connectivity index (χ3n) is 2.09. The van der Waals surface area contributed by atoms with Crippen molar-refractivity contribution >= 4 is 5.97 Å². The van der Waals surface area contributed by atoms with Crippen LogP contribution in [-0.4, -0.2) is 29.3 Å². The predicted octanol–water partition coefficient (Wildman–Crippen LogP) is 0.994. The zero-order chi connectivity index (χ0) is 10.5. The summed E-state index contributed by atoms with van der Waals surface area (Å²) in [6.07, 6.45) is 1.26. The molecule has 0 aliphatic heterocycles. The topological polar surface area (TPSA) is 72.5 Å². The molecule has 0 heterocycles. The molecule has 0 spiro atoms. The van der Waals surface area contributed by atoms with E-state index in [2.05, 4.69) is 0 Å². The van der Waals surface area contributed by atoms with Gasteiger partial charge in [0.15, 0.2) is 0 Å². The van der Waals surface area contributed by atoms with Gasteiger partial charge in [-0.15, -0.1) is 0 Å². The third-order valence-corrected chi connectivity index (χ3v) is 2.09. The SMILES string of the molecule is CCC(C)(C)OCCC(N)C(=O)O. The minimum absolute atomic E-state index is 0.182. The van der Waals surface area contributed by atoms with Crippen LogP contribution >= 0.6 is 0 Å². The van der Waals surface area contributed by atoms with E-state index in [-0.39, 0.29) is 5.60 Å². The fourth-order valence-corrected chi connectivity index (χ4v) is 0.688. The van der Waals surface area contributed by atoms with Crippen LogP contribution < -0.4 is 5.73 Å². The van der Waals surface area contributed by atoms with E-state index in [0.717, 1.165) is 6.42 Å². The molecule has 4 nitrogen and oxygen atoms in total. The maximum absolute atomic E-state index is 10.3. The lowest BCUT2D eigenvalue weighted by Gasteiger charge is -2.23. The van der Waals surface area contributed by atoms with Crippen molar-refractivity contribution in [1.82, 2.24) is 0 Å². The van der Waals surface area contributed by atoms with Crippen LogP contribution in [0.1, 0.15) is 33.6 Å².